The summed E-state index contributed by atoms with van der Waals surface area (Å²) in [5, 5.41) is 0.471. The molecule has 0 saturated heterocycles. The van der Waals surface area contributed by atoms with Gasteiger partial charge in [0.05, 0.1) is 5.69 Å². The van der Waals surface area contributed by atoms with E-state index in [9.17, 15) is 4.79 Å². The number of aryl methyl sites for hydroxylation is 2. The molecule has 0 fully saturated rings. The molecule has 0 aliphatic heterocycles. The number of imidazole rings is 1. The molecule has 2 aromatic carbocycles. The normalized spacial score (nSPS) is 12.0. The minimum absolute atomic E-state index is 0.0522. The average molecular weight is 366 g/mol. The van der Waals surface area contributed by atoms with E-state index in [2.05, 4.69) is 41.6 Å². The predicted octanol–water partition coefficient (Wildman–Crippen LogP) is 4.41. The molecule has 134 valence electrons. The fourth-order valence-corrected chi connectivity index (χ4v) is 4.07. The third-order valence-corrected chi connectivity index (χ3v) is 5.43. The number of thioether (sulfide) groups is 1. The van der Waals surface area contributed by atoms with Gasteiger partial charge >= 0.3 is 0 Å². The highest BCUT2D eigenvalue weighted by Crippen LogP contribution is 2.36. The zero-order valence-electron chi connectivity index (χ0n) is 15.5. The van der Waals surface area contributed by atoms with Gasteiger partial charge in [-0.2, -0.15) is 0 Å². The molecule has 1 atom stereocenters. The quantitative estimate of drug-likeness (QED) is 0.629. The monoisotopic (exact) mass is 365 g/mol. The van der Waals surface area contributed by atoms with Crippen molar-refractivity contribution < 1.29 is 4.79 Å². The first-order chi connectivity index (χ1) is 12.5. The Morgan fingerprint density at radius 2 is 1.85 bits per heavy atom. The molecule has 1 aromatic heterocycles. The van der Waals surface area contributed by atoms with Crippen LogP contribution in [0.15, 0.2) is 66.1 Å². The van der Waals surface area contributed by atoms with E-state index in [1.165, 1.54) is 22.9 Å². The first kappa shape index (κ1) is 18.3. The van der Waals surface area contributed by atoms with Gasteiger partial charge < -0.3 is 4.90 Å². The van der Waals surface area contributed by atoms with Crippen LogP contribution in [0.25, 0.3) is 5.69 Å². The Balaban J connectivity index is 1.98. The summed E-state index contributed by atoms with van der Waals surface area (Å²) < 4.78 is 2.05. The van der Waals surface area contributed by atoms with Gasteiger partial charge in [-0.3, -0.25) is 9.36 Å². The van der Waals surface area contributed by atoms with Crippen molar-refractivity contribution in [3.8, 4) is 5.69 Å². The first-order valence-corrected chi connectivity index (χ1v) is 9.39. The molecule has 4 nitrogen and oxygen atoms in total. The van der Waals surface area contributed by atoms with Crippen LogP contribution in [0.1, 0.15) is 21.9 Å². The second-order valence-corrected chi connectivity index (χ2v) is 7.58. The van der Waals surface area contributed by atoms with Crippen molar-refractivity contribution in [3.63, 3.8) is 0 Å². The highest BCUT2D eigenvalue weighted by molar-refractivity contribution is 8.00. The molecule has 0 radical (unpaired) electrons. The van der Waals surface area contributed by atoms with Crippen LogP contribution >= 0.6 is 11.8 Å². The van der Waals surface area contributed by atoms with Crippen LogP contribution in [0, 0.1) is 13.8 Å². The minimum Gasteiger partial charge on any atom is -0.348 e. The summed E-state index contributed by atoms with van der Waals surface area (Å²) in [7, 11) is 3.57. The Labute approximate surface area is 158 Å². The Morgan fingerprint density at radius 3 is 2.50 bits per heavy atom. The van der Waals surface area contributed by atoms with Crippen molar-refractivity contribution in [2.24, 2.45) is 0 Å². The number of likely N-dealkylation sites (N-methyl/N-ethyl adjacent to an activating group) is 1. The van der Waals surface area contributed by atoms with Crippen molar-refractivity contribution >= 4 is 17.7 Å². The zero-order chi connectivity index (χ0) is 18.7. The summed E-state index contributed by atoms with van der Waals surface area (Å²) >= 11 is 1.48. The summed E-state index contributed by atoms with van der Waals surface area (Å²) in [6, 6.07) is 16.2. The van der Waals surface area contributed by atoms with Gasteiger partial charge in [0, 0.05) is 26.5 Å². The molecule has 0 saturated carbocycles. The van der Waals surface area contributed by atoms with Gasteiger partial charge in [0.25, 0.3) is 0 Å². The maximum atomic E-state index is 12.8. The Morgan fingerprint density at radius 1 is 1.12 bits per heavy atom. The predicted molar refractivity (Wildman–Crippen MR) is 107 cm³/mol. The topological polar surface area (TPSA) is 38.1 Å². The van der Waals surface area contributed by atoms with Crippen LogP contribution in [-0.4, -0.2) is 34.5 Å². The van der Waals surface area contributed by atoms with Gasteiger partial charge in [0.1, 0.15) is 5.25 Å². The third kappa shape index (κ3) is 3.83. The molecule has 1 unspecified atom stereocenters. The summed E-state index contributed by atoms with van der Waals surface area (Å²) in [5.74, 6) is 0.0522. The lowest BCUT2D eigenvalue weighted by Crippen LogP contribution is -2.27. The van der Waals surface area contributed by atoms with Crippen molar-refractivity contribution in [3.05, 3.63) is 77.6 Å². The maximum Gasteiger partial charge on any atom is 0.240 e. The van der Waals surface area contributed by atoms with Gasteiger partial charge in [-0.25, -0.2) is 4.98 Å². The van der Waals surface area contributed by atoms with E-state index < -0.39 is 0 Å². The molecule has 0 spiro atoms. The standard InChI is InChI=1S/C21H23N3OS/c1-15-10-11-18(16(2)14-15)24-13-12-22-21(24)26-19(20(25)23(3)4)17-8-6-5-7-9-17/h5-14,19H,1-4H3. The molecule has 0 aliphatic rings. The molecule has 3 rings (SSSR count). The number of carbonyl (C=O) groups is 1. The lowest BCUT2D eigenvalue weighted by molar-refractivity contribution is -0.128. The summed E-state index contributed by atoms with van der Waals surface area (Å²) in [5.41, 5.74) is 4.47. The van der Waals surface area contributed by atoms with Gasteiger partial charge in [-0.05, 0) is 31.0 Å². The van der Waals surface area contributed by atoms with E-state index in [1.807, 2.05) is 36.5 Å². The van der Waals surface area contributed by atoms with Gasteiger partial charge in [-0.1, -0.05) is 59.8 Å². The highest BCUT2D eigenvalue weighted by Gasteiger charge is 2.25. The fourth-order valence-electron chi connectivity index (χ4n) is 2.86. The molecule has 0 aliphatic carbocycles. The van der Waals surface area contributed by atoms with Gasteiger partial charge in [0.15, 0.2) is 5.16 Å². The fraction of sp³-hybridized carbons (Fsp3) is 0.238. The van der Waals surface area contributed by atoms with Crippen LogP contribution in [0.2, 0.25) is 0 Å². The van der Waals surface area contributed by atoms with Gasteiger partial charge in [-0.15, -0.1) is 0 Å². The Hall–Kier alpha value is -2.53. The van der Waals surface area contributed by atoms with Crippen LogP contribution in [-0.2, 0) is 4.79 Å². The van der Waals surface area contributed by atoms with Crippen LogP contribution in [0.4, 0.5) is 0 Å². The number of rotatable bonds is 5. The maximum absolute atomic E-state index is 12.8. The smallest absolute Gasteiger partial charge is 0.240 e. The van der Waals surface area contributed by atoms with E-state index >= 15 is 0 Å². The first-order valence-electron chi connectivity index (χ1n) is 8.51. The number of aromatic nitrogens is 2. The number of hydrogen-bond donors (Lipinski definition) is 0. The molecular weight excluding hydrogens is 342 g/mol. The van der Waals surface area contributed by atoms with Crippen LogP contribution < -0.4 is 0 Å². The van der Waals surface area contributed by atoms with Crippen LogP contribution in [0.3, 0.4) is 0 Å². The molecule has 0 N–H and O–H groups in total. The molecular formula is C21H23N3OS. The highest BCUT2D eigenvalue weighted by atomic mass is 32.2. The number of carbonyl (C=O) groups excluding carboxylic acids is 1. The summed E-state index contributed by atoms with van der Waals surface area (Å²) in [6.45, 7) is 4.18. The molecule has 26 heavy (non-hydrogen) atoms. The summed E-state index contributed by atoms with van der Waals surface area (Å²) in [6.07, 6.45) is 3.73. The van der Waals surface area contributed by atoms with E-state index in [4.69, 9.17) is 0 Å². The van der Waals surface area contributed by atoms with E-state index in [-0.39, 0.29) is 11.2 Å². The second-order valence-electron chi connectivity index (χ2n) is 6.51. The minimum atomic E-state index is -0.335. The molecule has 5 heteroatoms. The molecule has 3 aromatic rings. The largest absolute Gasteiger partial charge is 0.348 e. The molecule has 0 bridgehead atoms. The SMILES string of the molecule is Cc1ccc(-n2ccnc2SC(C(=O)N(C)C)c2ccccc2)c(C)c1. The van der Waals surface area contributed by atoms with Crippen molar-refractivity contribution in [2.75, 3.05) is 14.1 Å². The number of benzene rings is 2. The van der Waals surface area contributed by atoms with E-state index in [0.717, 1.165) is 16.4 Å². The third-order valence-electron chi connectivity index (χ3n) is 4.21. The number of amides is 1. The lowest BCUT2D eigenvalue weighted by Gasteiger charge is -2.21. The lowest BCUT2D eigenvalue weighted by atomic mass is 10.1. The Bertz CT molecular complexity index is 903. The van der Waals surface area contributed by atoms with Crippen molar-refractivity contribution in [1.29, 1.82) is 0 Å². The Kier molecular flexibility index (Phi) is 5.47. The number of hydrogen-bond acceptors (Lipinski definition) is 3. The van der Waals surface area contributed by atoms with Crippen molar-refractivity contribution in [2.45, 2.75) is 24.3 Å². The van der Waals surface area contributed by atoms with Crippen molar-refractivity contribution in [1.82, 2.24) is 14.5 Å². The molecule has 1 heterocycles. The van der Waals surface area contributed by atoms with E-state index in [1.54, 1.807) is 25.2 Å². The summed E-state index contributed by atoms with van der Waals surface area (Å²) in [4.78, 5) is 18.9. The molecule has 1 amide bonds. The van der Waals surface area contributed by atoms with Crippen LogP contribution in [0.5, 0.6) is 0 Å². The second kappa shape index (κ2) is 7.79. The zero-order valence-corrected chi connectivity index (χ0v) is 16.3. The number of nitrogens with zero attached hydrogens (tertiary/aromatic N) is 3. The van der Waals surface area contributed by atoms with E-state index in [0.29, 0.717) is 0 Å². The average Bonchev–Trinajstić information content (AvgIpc) is 3.07. The van der Waals surface area contributed by atoms with Gasteiger partial charge in [0.2, 0.25) is 5.91 Å².